The van der Waals surface area contributed by atoms with E-state index < -0.39 is 0 Å². The summed E-state index contributed by atoms with van der Waals surface area (Å²) in [4.78, 5) is 31.4. The van der Waals surface area contributed by atoms with E-state index in [2.05, 4.69) is 51.3 Å². The fraction of sp³-hybridized carbons (Fsp3) is 0.339. The van der Waals surface area contributed by atoms with E-state index in [-0.39, 0.29) is 18.3 Å². The minimum Gasteiger partial charge on any atom is -0.474 e. The maximum atomic E-state index is 6.29. The van der Waals surface area contributed by atoms with Crippen LogP contribution in [0.4, 0.5) is 0 Å². The summed E-state index contributed by atoms with van der Waals surface area (Å²) in [7, 11) is 7.64. The third kappa shape index (κ3) is 11.9. The molecule has 0 radical (unpaired) electrons. The Hall–Kier alpha value is -8.50. The summed E-state index contributed by atoms with van der Waals surface area (Å²) in [6, 6.07) is 17.6. The molecular weight excluding hydrogens is 1050 g/mol. The fourth-order valence-corrected chi connectivity index (χ4v) is 10.5. The fourth-order valence-electron chi connectivity index (χ4n) is 10.4. The van der Waals surface area contributed by atoms with Crippen LogP contribution in [0.15, 0.2) is 122 Å². The van der Waals surface area contributed by atoms with Crippen LogP contribution in [0.3, 0.4) is 0 Å². The number of rotatable bonds is 11. The lowest BCUT2D eigenvalue weighted by Crippen LogP contribution is -2.27. The first-order chi connectivity index (χ1) is 39.7. The van der Waals surface area contributed by atoms with Crippen molar-refractivity contribution in [2.24, 2.45) is 33.2 Å². The van der Waals surface area contributed by atoms with Gasteiger partial charge in [0.05, 0.1) is 103 Å². The van der Waals surface area contributed by atoms with Crippen LogP contribution in [0.1, 0.15) is 55.2 Å². The number of aryl methyl sites for hydroxylation is 4. The highest BCUT2D eigenvalue weighted by Crippen LogP contribution is 2.38. The highest BCUT2D eigenvalue weighted by atomic mass is 35.5. The first-order valence-corrected chi connectivity index (χ1v) is 27.5. The molecule has 10 aromatic heterocycles. The SMILES string of the molecule is Cn1cc(-c2cc(-c3nn(C)c4ccnc(OC5CCOCC5)c34)ccn2)cn1.Cn1cc(-c2cc(C3=NCc4ccnc(OC5CCOCC5)c43)ccn2)cn1.Cn1nc(-c2ccnc(Cl)c2)c2c(OC3CCOCC3)nccc21. The number of pyridine rings is 6. The van der Waals surface area contributed by atoms with Gasteiger partial charge in [0, 0.05) is 144 Å². The van der Waals surface area contributed by atoms with Crippen LogP contribution in [0, 0.1) is 0 Å². The van der Waals surface area contributed by atoms with E-state index in [9.17, 15) is 0 Å². The Morgan fingerprint density at radius 3 is 1.41 bits per heavy atom. The van der Waals surface area contributed by atoms with E-state index in [1.807, 2.05) is 111 Å². The second-order valence-corrected chi connectivity index (χ2v) is 20.5. The summed E-state index contributed by atoms with van der Waals surface area (Å²) in [5, 5.41) is 20.2. The maximum Gasteiger partial charge on any atom is 0.225 e. The van der Waals surface area contributed by atoms with Crippen molar-refractivity contribution in [3.63, 3.8) is 0 Å². The molecule has 21 nitrogen and oxygen atoms in total. The average molecular weight is 1110 g/mol. The smallest absolute Gasteiger partial charge is 0.225 e. The van der Waals surface area contributed by atoms with Gasteiger partial charge in [-0.2, -0.15) is 20.4 Å². The monoisotopic (exact) mass is 1110 g/mol. The molecule has 3 saturated heterocycles. The molecule has 10 aromatic rings. The van der Waals surface area contributed by atoms with Gasteiger partial charge in [-0.1, -0.05) is 11.6 Å². The molecule has 0 N–H and O–H groups in total. The topological polar surface area (TPSA) is 216 Å². The lowest BCUT2D eigenvalue weighted by molar-refractivity contribution is 0.0235. The molecule has 0 saturated carbocycles. The van der Waals surface area contributed by atoms with Gasteiger partial charge >= 0.3 is 0 Å². The zero-order valence-electron chi connectivity index (χ0n) is 45.4. The van der Waals surface area contributed by atoms with E-state index in [1.54, 1.807) is 46.4 Å². The third-order valence-electron chi connectivity index (χ3n) is 14.5. The minimum absolute atomic E-state index is 0.110. The van der Waals surface area contributed by atoms with Gasteiger partial charge in [-0.05, 0) is 60.2 Å². The highest BCUT2D eigenvalue weighted by Gasteiger charge is 2.28. The largest absolute Gasteiger partial charge is 0.474 e. The average Bonchev–Trinajstić information content (AvgIpc) is 4.57. The number of hydrogen-bond acceptors (Lipinski definition) is 17. The Labute approximate surface area is 471 Å². The number of ether oxygens (including phenoxy) is 6. The first-order valence-electron chi connectivity index (χ1n) is 27.1. The third-order valence-corrected chi connectivity index (χ3v) is 14.7. The van der Waals surface area contributed by atoms with Crippen molar-refractivity contribution < 1.29 is 28.4 Å². The lowest BCUT2D eigenvalue weighted by atomic mass is 10.0. The summed E-state index contributed by atoms with van der Waals surface area (Å²) >= 11 is 6.04. The first kappa shape index (κ1) is 53.2. The molecular formula is C59H60ClN15O6. The van der Waals surface area contributed by atoms with E-state index in [4.69, 9.17) is 50.1 Å². The van der Waals surface area contributed by atoms with Gasteiger partial charge in [0.2, 0.25) is 17.6 Å². The van der Waals surface area contributed by atoms with Crippen LogP contribution in [0.5, 0.6) is 17.6 Å². The number of nitrogens with zero attached hydrogens (tertiary/aromatic N) is 15. The molecule has 4 aliphatic heterocycles. The van der Waals surface area contributed by atoms with Crippen LogP contribution >= 0.6 is 11.6 Å². The molecule has 14 rings (SSSR count). The van der Waals surface area contributed by atoms with Crippen LogP contribution in [0.25, 0.3) is 66.8 Å². The number of aliphatic imine (C=N–C) groups is 1. The molecule has 0 unspecified atom stereocenters. The summed E-state index contributed by atoms with van der Waals surface area (Å²) in [5.74, 6) is 1.90. The van der Waals surface area contributed by atoms with Gasteiger partial charge < -0.3 is 28.4 Å². The summed E-state index contributed by atoms with van der Waals surface area (Å²) < 4.78 is 42.3. The summed E-state index contributed by atoms with van der Waals surface area (Å²) in [6.07, 6.45) is 23.8. The number of halogens is 1. The Morgan fingerprint density at radius 2 is 0.914 bits per heavy atom. The molecule has 0 aliphatic carbocycles. The van der Waals surface area contributed by atoms with Crippen molar-refractivity contribution in [1.29, 1.82) is 0 Å². The predicted molar refractivity (Wildman–Crippen MR) is 304 cm³/mol. The van der Waals surface area contributed by atoms with Crippen molar-refractivity contribution >= 4 is 39.1 Å². The van der Waals surface area contributed by atoms with Crippen LogP contribution in [0.2, 0.25) is 5.15 Å². The van der Waals surface area contributed by atoms with E-state index in [0.717, 1.165) is 167 Å². The van der Waals surface area contributed by atoms with Crippen LogP contribution in [-0.4, -0.2) is 133 Å². The van der Waals surface area contributed by atoms with Crippen molar-refractivity contribution in [1.82, 2.24) is 69.0 Å². The number of aromatic nitrogens is 14. The van der Waals surface area contributed by atoms with Crippen molar-refractivity contribution in [3.05, 3.63) is 138 Å². The van der Waals surface area contributed by atoms with Gasteiger partial charge in [-0.15, -0.1) is 0 Å². The van der Waals surface area contributed by atoms with Crippen molar-refractivity contribution in [3.8, 4) is 62.7 Å². The summed E-state index contributed by atoms with van der Waals surface area (Å²) in [6.45, 7) is 5.00. The molecule has 0 amide bonds. The highest BCUT2D eigenvalue weighted by molar-refractivity contribution is 6.29. The maximum absolute atomic E-state index is 6.29. The predicted octanol–water partition coefficient (Wildman–Crippen LogP) is 9.02. The minimum atomic E-state index is 0.110. The lowest BCUT2D eigenvalue weighted by Gasteiger charge is -2.24. The molecule has 0 spiro atoms. The molecule has 0 bridgehead atoms. The van der Waals surface area contributed by atoms with Crippen molar-refractivity contribution in [2.45, 2.75) is 63.4 Å². The molecule has 414 valence electrons. The molecule has 0 atom stereocenters. The van der Waals surface area contributed by atoms with E-state index >= 15 is 0 Å². The summed E-state index contributed by atoms with van der Waals surface area (Å²) in [5.41, 5.74) is 13.2. The van der Waals surface area contributed by atoms with Crippen LogP contribution < -0.4 is 14.2 Å². The zero-order valence-corrected chi connectivity index (χ0v) is 46.2. The van der Waals surface area contributed by atoms with E-state index in [1.165, 1.54) is 0 Å². The van der Waals surface area contributed by atoms with Crippen LogP contribution in [-0.2, 0) is 48.9 Å². The van der Waals surface area contributed by atoms with Gasteiger partial charge in [0.1, 0.15) is 34.9 Å². The van der Waals surface area contributed by atoms with Gasteiger partial charge in [0.25, 0.3) is 0 Å². The zero-order chi connectivity index (χ0) is 55.2. The van der Waals surface area contributed by atoms with Gasteiger partial charge in [0.15, 0.2) is 0 Å². The molecule has 22 heteroatoms. The second-order valence-electron chi connectivity index (χ2n) is 20.1. The Kier molecular flexibility index (Phi) is 15.8. The molecule has 14 heterocycles. The standard InChI is InChI=1S/C21H22N6O2.C21H21N5O2.C17H17ClN4O2/c1-26-13-15(12-24-26)17-11-14(3-7-22-17)20-19-18(27(2)25-20)4-8-23-21(19)29-16-5-9-28-10-6-16;1-26-13-16(12-25-26)18-10-14(2-6-22-18)20-19-15(11-24-20)3-7-23-21(19)28-17-4-8-27-9-5-17;1-22-13-3-7-20-17(24-12-4-8-23-9-5-12)15(13)16(21-22)11-2-6-19-14(18)10-11/h3-4,7-8,11-13,16H,5-6,9-10H2,1-2H3;2-3,6-7,10,12-13,17H,4-5,8-9,11H2,1H3;2-3,6-7,10,12H,4-5,8-9H2,1H3. The number of fused-ring (bicyclic) bond motifs is 3. The second kappa shape index (κ2) is 24.1. The molecule has 81 heavy (non-hydrogen) atoms. The Morgan fingerprint density at radius 1 is 0.481 bits per heavy atom. The molecule has 0 aromatic carbocycles. The van der Waals surface area contributed by atoms with Gasteiger partial charge in [-0.25, -0.2) is 19.9 Å². The quantitative estimate of drug-likeness (QED) is 0.110. The number of hydrogen-bond donors (Lipinski definition) is 0. The normalized spacial score (nSPS) is 15.8. The molecule has 3 fully saturated rings. The van der Waals surface area contributed by atoms with Crippen molar-refractivity contribution in [2.75, 3.05) is 39.6 Å². The van der Waals surface area contributed by atoms with E-state index in [0.29, 0.717) is 29.3 Å². The molecule has 4 aliphatic rings. The Balaban J connectivity index is 0.000000121. The van der Waals surface area contributed by atoms with Gasteiger partial charge in [-0.3, -0.25) is 33.7 Å². The Bertz CT molecular complexity index is 3860.